The molecule has 0 aliphatic rings. The summed E-state index contributed by atoms with van der Waals surface area (Å²) in [5.41, 5.74) is 0.153. The Labute approximate surface area is 188 Å². The number of ether oxygens (including phenoxy) is 1. The number of carbonyl (C=O) groups excluding carboxylic acids is 1. The van der Waals surface area contributed by atoms with Crippen molar-refractivity contribution < 1.29 is 35.9 Å². The van der Waals surface area contributed by atoms with Gasteiger partial charge < -0.3 is 4.74 Å². The van der Waals surface area contributed by atoms with Crippen LogP contribution >= 0.6 is 34.8 Å². The third kappa shape index (κ3) is 7.94. The summed E-state index contributed by atoms with van der Waals surface area (Å²) in [5.74, 6) is -3.07. The van der Waals surface area contributed by atoms with Crippen molar-refractivity contribution in [2.24, 2.45) is 0 Å². The number of hydrogen-bond donors (Lipinski definition) is 0. The highest BCUT2D eigenvalue weighted by atomic mass is 35.5. The first-order chi connectivity index (χ1) is 14.3. The van der Waals surface area contributed by atoms with Crippen LogP contribution in [0.1, 0.15) is 23.5 Å². The van der Waals surface area contributed by atoms with E-state index in [1.165, 1.54) is 30.3 Å². The van der Waals surface area contributed by atoms with E-state index in [-0.39, 0.29) is 26.4 Å². The summed E-state index contributed by atoms with van der Waals surface area (Å²) in [7, 11) is 0. The van der Waals surface area contributed by atoms with Gasteiger partial charge in [0.15, 0.2) is 5.78 Å². The van der Waals surface area contributed by atoms with Crippen LogP contribution < -0.4 is 4.74 Å². The van der Waals surface area contributed by atoms with Crippen molar-refractivity contribution in [2.45, 2.75) is 24.7 Å². The van der Waals surface area contributed by atoms with Gasteiger partial charge in [-0.2, -0.15) is 26.3 Å². The zero-order valence-electron chi connectivity index (χ0n) is 15.3. The molecule has 0 aromatic heterocycles. The van der Waals surface area contributed by atoms with E-state index < -0.39 is 37.1 Å². The van der Waals surface area contributed by atoms with Crippen LogP contribution in [0.3, 0.4) is 0 Å². The Balaban J connectivity index is 2.12. The molecule has 168 valence electrons. The lowest BCUT2D eigenvalue weighted by molar-refractivity contribution is -0.153. The normalized spacial score (nSPS) is 13.5. The second kappa shape index (κ2) is 10.1. The fourth-order valence-corrected chi connectivity index (χ4v) is 3.10. The first kappa shape index (κ1) is 25.4. The number of rotatable bonds is 7. The van der Waals surface area contributed by atoms with Gasteiger partial charge in [-0.25, -0.2) is 0 Å². The van der Waals surface area contributed by atoms with Gasteiger partial charge in [0.05, 0.1) is 21.0 Å². The van der Waals surface area contributed by atoms with E-state index in [2.05, 4.69) is 0 Å². The summed E-state index contributed by atoms with van der Waals surface area (Å²) < 4.78 is 81.9. The number of carbonyl (C=O) groups is 1. The van der Waals surface area contributed by atoms with Gasteiger partial charge >= 0.3 is 12.4 Å². The maximum atomic E-state index is 13.5. The molecule has 31 heavy (non-hydrogen) atoms. The van der Waals surface area contributed by atoms with E-state index in [0.29, 0.717) is 5.56 Å². The molecular formula is C20H13Cl3F6O2. The van der Waals surface area contributed by atoms with E-state index in [4.69, 9.17) is 39.5 Å². The minimum atomic E-state index is -4.64. The van der Waals surface area contributed by atoms with Crippen molar-refractivity contribution in [3.63, 3.8) is 0 Å². The van der Waals surface area contributed by atoms with Gasteiger partial charge in [-0.1, -0.05) is 59.1 Å². The van der Waals surface area contributed by atoms with Crippen molar-refractivity contribution in [1.82, 2.24) is 0 Å². The van der Waals surface area contributed by atoms with Gasteiger partial charge in [-0.05, 0) is 35.4 Å². The highest BCUT2D eigenvalue weighted by Crippen LogP contribution is 2.41. The van der Waals surface area contributed by atoms with E-state index in [1.54, 1.807) is 0 Å². The summed E-state index contributed by atoms with van der Waals surface area (Å²) in [6, 6.07) is 7.56. The lowest BCUT2D eigenvalue weighted by Crippen LogP contribution is -2.20. The molecule has 2 nitrogen and oxygen atoms in total. The number of hydrogen-bond acceptors (Lipinski definition) is 2. The summed E-state index contributed by atoms with van der Waals surface area (Å²) in [6.07, 6.45) is -8.77. The fourth-order valence-electron chi connectivity index (χ4n) is 2.48. The smallest absolute Gasteiger partial charge is 0.399 e. The van der Waals surface area contributed by atoms with Crippen molar-refractivity contribution >= 4 is 46.7 Å². The van der Waals surface area contributed by atoms with Gasteiger partial charge in [0.25, 0.3) is 0 Å². The molecular weight excluding hydrogens is 493 g/mol. The molecule has 0 amide bonds. The molecule has 2 aromatic rings. The van der Waals surface area contributed by atoms with E-state index in [0.717, 1.165) is 18.2 Å². The Morgan fingerprint density at radius 2 is 1.52 bits per heavy atom. The minimum absolute atomic E-state index is 0.0544. The van der Waals surface area contributed by atoms with Crippen LogP contribution in [0, 0.1) is 0 Å². The predicted octanol–water partition coefficient (Wildman–Crippen LogP) is 7.91. The Bertz CT molecular complexity index is 930. The molecule has 11 heteroatoms. The second-order valence-corrected chi connectivity index (χ2v) is 7.56. The lowest BCUT2D eigenvalue weighted by Gasteiger charge is -2.18. The summed E-state index contributed by atoms with van der Waals surface area (Å²) in [4.78, 5) is 11.2. The van der Waals surface area contributed by atoms with Crippen LogP contribution in [-0.4, -0.2) is 24.7 Å². The molecule has 0 saturated carbocycles. The molecule has 0 saturated heterocycles. The zero-order valence-corrected chi connectivity index (χ0v) is 17.6. The van der Waals surface area contributed by atoms with Crippen molar-refractivity contribution in [2.75, 3.05) is 6.61 Å². The first-order valence-electron chi connectivity index (χ1n) is 8.47. The molecule has 0 aliphatic carbocycles. The lowest BCUT2D eigenvalue weighted by atomic mass is 9.97. The topological polar surface area (TPSA) is 26.3 Å². The van der Waals surface area contributed by atoms with E-state index in [1.807, 2.05) is 0 Å². The number of halogens is 9. The summed E-state index contributed by atoms with van der Waals surface area (Å²) in [6.45, 7) is -0.775. The first-order valence-corrected chi connectivity index (χ1v) is 9.60. The highest BCUT2D eigenvalue weighted by Gasteiger charge is 2.39. The number of allylic oxidation sites excluding steroid dienone is 1. The van der Waals surface area contributed by atoms with Gasteiger partial charge in [-0.15, -0.1) is 0 Å². The molecule has 0 bridgehead atoms. The molecule has 1 unspecified atom stereocenters. The fraction of sp³-hybridized carbons (Fsp3) is 0.250. The van der Waals surface area contributed by atoms with Gasteiger partial charge in [0.1, 0.15) is 18.8 Å². The Hall–Kier alpha value is -1.90. The summed E-state index contributed by atoms with van der Waals surface area (Å²) in [5, 5.41) is -0.289. The zero-order chi connectivity index (χ0) is 23.4. The highest BCUT2D eigenvalue weighted by molar-refractivity contribution is 6.48. The molecule has 0 heterocycles. The van der Waals surface area contributed by atoms with Crippen LogP contribution in [0.5, 0.6) is 5.75 Å². The molecule has 2 aromatic carbocycles. The van der Waals surface area contributed by atoms with Crippen molar-refractivity contribution in [1.29, 1.82) is 0 Å². The third-order valence-corrected chi connectivity index (χ3v) is 5.07. The maximum Gasteiger partial charge on any atom is 0.399 e. The molecule has 0 N–H and O–H groups in total. The van der Waals surface area contributed by atoms with Crippen LogP contribution in [0.2, 0.25) is 15.1 Å². The SMILES string of the molecule is O=C(COc1ccc(/C=C/C(c2cc(Cl)c(Cl)c(Cl)c2)C(F)(F)F)cc1)CC(F)(F)F. The Morgan fingerprint density at radius 3 is 2.00 bits per heavy atom. The van der Waals surface area contributed by atoms with Gasteiger partial charge in [0.2, 0.25) is 0 Å². The molecule has 0 fully saturated rings. The van der Waals surface area contributed by atoms with E-state index >= 15 is 0 Å². The number of Topliss-reactive ketones (excluding diaryl/α,β-unsaturated/α-hetero) is 1. The predicted molar refractivity (Wildman–Crippen MR) is 107 cm³/mol. The van der Waals surface area contributed by atoms with Crippen LogP contribution in [-0.2, 0) is 4.79 Å². The van der Waals surface area contributed by atoms with Crippen molar-refractivity contribution in [3.05, 3.63) is 68.7 Å². The maximum absolute atomic E-state index is 13.5. The molecule has 0 radical (unpaired) electrons. The monoisotopic (exact) mass is 504 g/mol. The number of benzene rings is 2. The molecule has 0 aliphatic heterocycles. The average molecular weight is 506 g/mol. The van der Waals surface area contributed by atoms with Crippen molar-refractivity contribution in [3.8, 4) is 5.75 Å². The number of ketones is 1. The Kier molecular flexibility index (Phi) is 8.30. The van der Waals surface area contributed by atoms with Crippen LogP contribution in [0.4, 0.5) is 26.3 Å². The summed E-state index contributed by atoms with van der Waals surface area (Å²) >= 11 is 17.4. The van der Waals surface area contributed by atoms with Gasteiger partial charge in [-0.3, -0.25) is 4.79 Å². The molecule has 0 spiro atoms. The minimum Gasteiger partial charge on any atom is -0.486 e. The third-order valence-electron chi connectivity index (χ3n) is 3.88. The Morgan fingerprint density at radius 1 is 0.968 bits per heavy atom. The van der Waals surface area contributed by atoms with Crippen LogP contribution in [0.25, 0.3) is 6.08 Å². The second-order valence-electron chi connectivity index (χ2n) is 6.37. The number of alkyl halides is 6. The largest absolute Gasteiger partial charge is 0.486 e. The quantitative estimate of drug-likeness (QED) is 0.282. The molecule has 1 atom stereocenters. The average Bonchev–Trinajstić information content (AvgIpc) is 2.63. The molecule has 2 rings (SSSR count). The van der Waals surface area contributed by atoms with Crippen LogP contribution in [0.15, 0.2) is 42.5 Å². The van der Waals surface area contributed by atoms with Gasteiger partial charge in [0, 0.05) is 0 Å². The standard InChI is InChI=1S/C20H13Cl3F6O2/c21-16-7-12(8-17(22)18(16)23)15(20(27,28)29)6-3-11-1-4-14(5-2-11)31-10-13(30)9-19(24,25)26/h1-8,15H,9-10H2/b6-3+. The van der Waals surface area contributed by atoms with E-state index in [9.17, 15) is 31.1 Å².